The highest BCUT2D eigenvalue weighted by Crippen LogP contribution is 2.19. The van der Waals surface area contributed by atoms with Gasteiger partial charge in [-0.25, -0.2) is 4.98 Å². The second-order valence-corrected chi connectivity index (χ2v) is 6.84. The van der Waals surface area contributed by atoms with Crippen LogP contribution in [0, 0.1) is 0 Å². The first kappa shape index (κ1) is 20.7. The lowest BCUT2D eigenvalue weighted by atomic mass is 10.1. The number of carbonyl (C=O) groups is 2. The molecule has 0 aliphatic rings. The first-order valence-electron chi connectivity index (χ1n) is 9.58. The Labute approximate surface area is 161 Å². The van der Waals surface area contributed by atoms with Crippen LogP contribution in [0.5, 0.6) is 0 Å². The molecular weight excluding hydrogens is 340 g/mol. The van der Waals surface area contributed by atoms with Gasteiger partial charge in [-0.1, -0.05) is 32.6 Å². The van der Waals surface area contributed by atoms with E-state index < -0.39 is 0 Å². The Bertz CT molecular complexity index is 802. The first-order valence-corrected chi connectivity index (χ1v) is 9.58. The number of para-hydroxylation sites is 2. The quantitative estimate of drug-likeness (QED) is 0.689. The Morgan fingerprint density at radius 2 is 1.85 bits per heavy atom. The molecule has 1 heterocycles. The molecular formula is C21H30N4O2. The molecule has 0 saturated heterocycles. The van der Waals surface area contributed by atoms with Crippen LogP contribution in [0.3, 0.4) is 0 Å². The Morgan fingerprint density at radius 1 is 1.22 bits per heavy atom. The van der Waals surface area contributed by atoms with E-state index in [9.17, 15) is 9.59 Å². The van der Waals surface area contributed by atoms with Gasteiger partial charge in [0.05, 0.1) is 17.6 Å². The zero-order valence-electron chi connectivity index (χ0n) is 16.7. The molecule has 2 aromatic rings. The van der Waals surface area contributed by atoms with Crippen molar-refractivity contribution in [2.24, 2.45) is 0 Å². The highest BCUT2D eigenvalue weighted by Gasteiger charge is 2.25. The van der Waals surface area contributed by atoms with E-state index in [0.29, 0.717) is 5.82 Å². The molecule has 6 heteroatoms. The van der Waals surface area contributed by atoms with E-state index in [1.807, 2.05) is 33.7 Å². The minimum atomic E-state index is -0.263. The summed E-state index contributed by atoms with van der Waals surface area (Å²) in [5, 5.41) is 2.76. The molecule has 0 fully saturated rings. The molecule has 2 unspecified atom stereocenters. The average Bonchev–Trinajstić information content (AvgIpc) is 3.03. The molecule has 146 valence electrons. The second-order valence-electron chi connectivity index (χ2n) is 6.84. The molecule has 6 nitrogen and oxygen atoms in total. The maximum absolute atomic E-state index is 13.2. The van der Waals surface area contributed by atoms with Crippen LogP contribution in [0.4, 0.5) is 0 Å². The van der Waals surface area contributed by atoms with Crippen LogP contribution >= 0.6 is 0 Å². The lowest BCUT2D eigenvalue weighted by Crippen LogP contribution is -2.46. The van der Waals surface area contributed by atoms with E-state index in [0.717, 1.165) is 23.9 Å². The molecule has 0 spiro atoms. The maximum atomic E-state index is 13.2. The fourth-order valence-electron chi connectivity index (χ4n) is 3.21. The summed E-state index contributed by atoms with van der Waals surface area (Å²) in [6.45, 7) is 12.3. The lowest BCUT2D eigenvalue weighted by molar-refractivity contribution is -0.136. The van der Waals surface area contributed by atoms with Crippen molar-refractivity contribution in [1.82, 2.24) is 19.8 Å². The Morgan fingerprint density at radius 3 is 2.44 bits per heavy atom. The number of nitrogens with one attached hydrogen (secondary N) is 1. The molecule has 0 saturated carbocycles. The highest BCUT2D eigenvalue weighted by molar-refractivity contribution is 5.87. The molecule has 0 bridgehead atoms. The molecule has 0 aliphatic heterocycles. The van der Waals surface area contributed by atoms with Gasteiger partial charge in [-0.15, -0.1) is 0 Å². The van der Waals surface area contributed by atoms with Crippen molar-refractivity contribution >= 4 is 22.8 Å². The highest BCUT2D eigenvalue weighted by atomic mass is 16.2. The zero-order valence-corrected chi connectivity index (χ0v) is 16.7. The van der Waals surface area contributed by atoms with E-state index in [-0.39, 0.29) is 37.0 Å². The van der Waals surface area contributed by atoms with Gasteiger partial charge in [0.1, 0.15) is 12.4 Å². The van der Waals surface area contributed by atoms with Crippen molar-refractivity contribution in [3.05, 3.63) is 42.7 Å². The van der Waals surface area contributed by atoms with Crippen LogP contribution in [0.2, 0.25) is 0 Å². The standard InChI is InChI=1S/C21H30N4O2/c1-6-15(4)25(16(5)7-2)21(27)14-24-18-12-10-9-11-17(18)23-19(24)13-22-20(26)8-3/h8-12,15-16H,3,6-7,13-14H2,1-2,4-5H3,(H,22,26). The van der Waals surface area contributed by atoms with Crippen LogP contribution < -0.4 is 5.32 Å². The van der Waals surface area contributed by atoms with Gasteiger partial charge in [-0.05, 0) is 44.9 Å². The van der Waals surface area contributed by atoms with Crippen molar-refractivity contribution in [3.8, 4) is 0 Å². The minimum absolute atomic E-state index is 0.0677. The van der Waals surface area contributed by atoms with E-state index in [1.165, 1.54) is 6.08 Å². The van der Waals surface area contributed by atoms with Gasteiger partial charge >= 0.3 is 0 Å². The summed E-state index contributed by atoms with van der Waals surface area (Å²) in [6, 6.07) is 8.05. The van der Waals surface area contributed by atoms with E-state index in [1.54, 1.807) is 0 Å². The van der Waals surface area contributed by atoms with Crippen LogP contribution in [0.1, 0.15) is 46.4 Å². The number of nitrogens with zero attached hydrogens (tertiary/aromatic N) is 3. The van der Waals surface area contributed by atoms with Gasteiger partial charge in [0, 0.05) is 12.1 Å². The number of imidazole rings is 1. The van der Waals surface area contributed by atoms with Gasteiger partial charge in [-0.3, -0.25) is 9.59 Å². The molecule has 1 N–H and O–H groups in total. The average molecular weight is 370 g/mol. The monoisotopic (exact) mass is 370 g/mol. The molecule has 2 atom stereocenters. The lowest BCUT2D eigenvalue weighted by Gasteiger charge is -2.34. The molecule has 27 heavy (non-hydrogen) atoms. The number of amides is 2. The molecule has 2 amide bonds. The number of aromatic nitrogens is 2. The maximum Gasteiger partial charge on any atom is 0.243 e. The molecule has 2 rings (SSSR count). The molecule has 0 radical (unpaired) electrons. The SMILES string of the molecule is C=CC(=O)NCc1nc2ccccc2n1CC(=O)N(C(C)CC)C(C)CC. The predicted octanol–water partition coefficient (Wildman–Crippen LogP) is 3.26. The summed E-state index contributed by atoms with van der Waals surface area (Å²) < 4.78 is 1.90. The third-order valence-corrected chi connectivity index (χ3v) is 5.05. The predicted molar refractivity (Wildman–Crippen MR) is 108 cm³/mol. The van der Waals surface area contributed by atoms with E-state index in [4.69, 9.17) is 0 Å². The Kier molecular flexibility index (Phi) is 7.16. The number of hydrogen-bond acceptors (Lipinski definition) is 3. The van der Waals surface area contributed by atoms with Crippen molar-refractivity contribution in [3.63, 3.8) is 0 Å². The summed E-state index contributed by atoms with van der Waals surface area (Å²) in [6.07, 6.45) is 3.04. The summed E-state index contributed by atoms with van der Waals surface area (Å²) >= 11 is 0. The third-order valence-electron chi connectivity index (χ3n) is 5.05. The van der Waals surface area contributed by atoms with Gasteiger partial charge in [0.2, 0.25) is 11.8 Å². The largest absolute Gasteiger partial charge is 0.345 e. The number of rotatable bonds is 9. The van der Waals surface area contributed by atoms with Crippen molar-refractivity contribution < 1.29 is 9.59 Å². The molecule has 0 aliphatic carbocycles. The third kappa shape index (κ3) is 4.76. The zero-order chi connectivity index (χ0) is 20.0. The van der Waals surface area contributed by atoms with Crippen LogP contribution in [0.25, 0.3) is 11.0 Å². The topological polar surface area (TPSA) is 67.2 Å². The van der Waals surface area contributed by atoms with Crippen LogP contribution in [0.15, 0.2) is 36.9 Å². The van der Waals surface area contributed by atoms with Crippen molar-refractivity contribution in [2.75, 3.05) is 0 Å². The number of hydrogen-bond donors (Lipinski definition) is 1. The van der Waals surface area contributed by atoms with E-state index >= 15 is 0 Å². The normalized spacial score (nSPS) is 13.2. The van der Waals surface area contributed by atoms with E-state index in [2.05, 4.69) is 44.6 Å². The Hall–Kier alpha value is -2.63. The number of carbonyl (C=O) groups excluding carboxylic acids is 2. The first-order chi connectivity index (χ1) is 12.9. The summed E-state index contributed by atoms with van der Waals surface area (Å²) in [7, 11) is 0. The molecule has 1 aromatic carbocycles. The second kappa shape index (κ2) is 9.35. The van der Waals surface area contributed by atoms with Crippen molar-refractivity contribution in [2.45, 2.75) is 65.7 Å². The van der Waals surface area contributed by atoms with Crippen molar-refractivity contribution in [1.29, 1.82) is 0 Å². The summed E-state index contributed by atoms with van der Waals surface area (Å²) in [4.78, 5) is 31.3. The Balaban J connectivity index is 2.36. The number of fused-ring (bicyclic) bond motifs is 1. The van der Waals surface area contributed by atoms with Crippen LogP contribution in [-0.2, 0) is 22.7 Å². The summed E-state index contributed by atoms with van der Waals surface area (Å²) in [5.74, 6) is 0.465. The minimum Gasteiger partial charge on any atom is -0.345 e. The summed E-state index contributed by atoms with van der Waals surface area (Å²) in [5.41, 5.74) is 1.70. The van der Waals surface area contributed by atoms with Gasteiger partial charge in [0.25, 0.3) is 0 Å². The number of benzene rings is 1. The molecule has 1 aromatic heterocycles. The fourth-order valence-corrected chi connectivity index (χ4v) is 3.21. The van der Waals surface area contributed by atoms with Gasteiger partial charge in [0.15, 0.2) is 0 Å². The fraction of sp³-hybridized carbons (Fsp3) is 0.476. The van der Waals surface area contributed by atoms with Gasteiger partial charge in [-0.2, -0.15) is 0 Å². The van der Waals surface area contributed by atoms with Gasteiger partial charge < -0.3 is 14.8 Å². The smallest absolute Gasteiger partial charge is 0.243 e. The van der Waals surface area contributed by atoms with Crippen LogP contribution in [-0.4, -0.2) is 38.3 Å².